The van der Waals surface area contributed by atoms with Crippen LogP contribution in [-0.4, -0.2) is 27.8 Å². The summed E-state index contributed by atoms with van der Waals surface area (Å²) in [5, 5.41) is 3.98. The molecule has 1 unspecified atom stereocenters. The Morgan fingerprint density at radius 3 is 2.56 bits per heavy atom. The van der Waals surface area contributed by atoms with E-state index in [9.17, 15) is 9.59 Å². The second-order valence-electron chi connectivity index (χ2n) is 8.29. The molecule has 6 heteroatoms. The monoisotopic (exact) mass is 427 g/mol. The standard InChI is InChI=1S/C26H25N3O3/c1-16-12-13-18(32-16)14-27-23(30)15-29-25(19-8-4-5-9-20(19)26(29)31)24-17(2)28(3)22-11-7-6-10-21(22)24/h4-13,25H,14-15H2,1-3H3,(H,27,30). The van der Waals surface area contributed by atoms with Crippen LogP contribution in [0.15, 0.2) is 65.1 Å². The SMILES string of the molecule is Cc1ccc(CNC(=O)CN2C(=O)c3ccccc3C2c2c(C)n(C)c3ccccc23)o1. The molecule has 1 aliphatic heterocycles. The van der Waals surface area contributed by atoms with E-state index in [1.54, 1.807) is 4.90 Å². The minimum absolute atomic E-state index is 0.0273. The van der Waals surface area contributed by atoms with Crippen molar-refractivity contribution in [2.75, 3.05) is 6.54 Å². The van der Waals surface area contributed by atoms with Crippen molar-refractivity contribution in [3.63, 3.8) is 0 Å². The quantitative estimate of drug-likeness (QED) is 0.518. The average Bonchev–Trinajstić information content (AvgIpc) is 3.41. The van der Waals surface area contributed by atoms with Crippen molar-refractivity contribution < 1.29 is 14.0 Å². The van der Waals surface area contributed by atoms with E-state index in [1.807, 2.05) is 62.5 Å². The Kier molecular flexibility index (Phi) is 4.85. The fourth-order valence-corrected chi connectivity index (χ4v) is 4.72. The van der Waals surface area contributed by atoms with Crippen LogP contribution in [-0.2, 0) is 18.4 Å². The molecule has 0 aliphatic carbocycles. The number of hydrogen-bond acceptors (Lipinski definition) is 3. The van der Waals surface area contributed by atoms with Gasteiger partial charge in [0.1, 0.15) is 18.1 Å². The number of nitrogens with one attached hydrogen (secondary N) is 1. The maximum atomic E-state index is 13.4. The van der Waals surface area contributed by atoms with Gasteiger partial charge in [0, 0.05) is 34.8 Å². The number of furan rings is 1. The number of carbonyl (C=O) groups is 2. The lowest BCUT2D eigenvalue weighted by Gasteiger charge is -2.26. The number of benzene rings is 2. The molecule has 1 aliphatic rings. The van der Waals surface area contributed by atoms with Crippen LogP contribution in [0.4, 0.5) is 0 Å². The molecule has 5 rings (SSSR count). The van der Waals surface area contributed by atoms with Crippen molar-refractivity contribution in [3.8, 4) is 0 Å². The normalized spacial score (nSPS) is 15.4. The first-order chi connectivity index (χ1) is 15.5. The van der Waals surface area contributed by atoms with E-state index in [0.29, 0.717) is 17.9 Å². The van der Waals surface area contributed by atoms with E-state index in [-0.39, 0.29) is 24.4 Å². The minimum atomic E-state index is -0.318. The molecule has 2 amide bonds. The predicted molar refractivity (Wildman–Crippen MR) is 122 cm³/mol. The second kappa shape index (κ2) is 7.71. The van der Waals surface area contributed by atoms with E-state index >= 15 is 0 Å². The summed E-state index contributed by atoms with van der Waals surface area (Å²) in [6.45, 7) is 4.20. The third kappa shape index (κ3) is 3.19. The molecule has 32 heavy (non-hydrogen) atoms. The summed E-state index contributed by atoms with van der Waals surface area (Å²) < 4.78 is 7.68. The van der Waals surface area contributed by atoms with Gasteiger partial charge < -0.3 is 19.2 Å². The molecular weight excluding hydrogens is 402 g/mol. The van der Waals surface area contributed by atoms with Gasteiger partial charge in [-0.1, -0.05) is 36.4 Å². The number of fused-ring (bicyclic) bond motifs is 2. The Balaban J connectivity index is 1.52. The van der Waals surface area contributed by atoms with E-state index < -0.39 is 0 Å². The van der Waals surface area contributed by atoms with Gasteiger partial charge in [-0.3, -0.25) is 9.59 Å². The van der Waals surface area contributed by atoms with Gasteiger partial charge >= 0.3 is 0 Å². The summed E-state index contributed by atoms with van der Waals surface area (Å²) in [4.78, 5) is 27.9. The summed E-state index contributed by atoms with van der Waals surface area (Å²) in [7, 11) is 2.03. The highest BCUT2D eigenvalue weighted by Gasteiger charge is 2.40. The van der Waals surface area contributed by atoms with Crippen molar-refractivity contribution in [2.24, 2.45) is 7.05 Å². The zero-order valence-corrected chi connectivity index (χ0v) is 18.4. The lowest BCUT2D eigenvalue weighted by atomic mass is 9.95. The van der Waals surface area contributed by atoms with E-state index in [1.165, 1.54) is 0 Å². The number of rotatable bonds is 5. The van der Waals surface area contributed by atoms with Gasteiger partial charge in [-0.05, 0) is 43.7 Å². The molecule has 2 aromatic heterocycles. The number of nitrogens with zero attached hydrogens (tertiary/aromatic N) is 2. The molecule has 0 spiro atoms. The highest BCUT2D eigenvalue weighted by molar-refractivity contribution is 6.02. The van der Waals surface area contributed by atoms with Gasteiger partial charge in [0.05, 0.1) is 12.6 Å². The first-order valence-corrected chi connectivity index (χ1v) is 10.7. The Hall–Kier alpha value is -3.80. The Morgan fingerprint density at radius 1 is 1.03 bits per heavy atom. The van der Waals surface area contributed by atoms with Gasteiger partial charge in [0.25, 0.3) is 5.91 Å². The van der Waals surface area contributed by atoms with Crippen LogP contribution in [0.25, 0.3) is 10.9 Å². The van der Waals surface area contributed by atoms with E-state index in [0.717, 1.165) is 33.5 Å². The van der Waals surface area contributed by atoms with Crippen LogP contribution in [0.2, 0.25) is 0 Å². The summed E-state index contributed by atoms with van der Waals surface area (Å²) in [5.74, 6) is 1.14. The first-order valence-electron chi connectivity index (χ1n) is 10.7. The molecule has 1 atom stereocenters. The number of aromatic nitrogens is 1. The van der Waals surface area contributed by atoms with Gasteiger partial charge in [0.15, 0.2) is 0 Å². The molecule has 0 fully saturated rings. The van der Waals surface area contributed by atoms with Crippen LogP contribution in [0.1, 0.15) is 44.7 Å². The van der Waals surface area contributed by atoms with E-state index in [2.05, 4.69) is 28.9 Å². The fourth-order valence-electron chi connectivity index (χ4n) is 4.72. The van der Waals surface area contributed by atoms with Crippen molar-refractivity contribution in [3.05, 3.63) is 94.6 Å². The predicted octanol–water partition coefficient (Wildman–Crippen LogP) is 4.25. The second-order valence-corrected chi connectivity index (χ2v) is 8.29. The highest BCUT2D eigenvalue weighted by Crippen LogP contribution is 2.43. The van der Waals surface area contributed by atoms with Gasteiger partial charge in [-0.25, -0.2) is 0 Å². The van der Waals surface area contributed by atoms with Gasteiger partial charge in [-0.2, -0.15) is 0 Å². The third-order valence-corrected chi connectivity index (χ3v) is 6.35. The lowest BCUT2D eigenvalue weighted by molar-refractivity contribution is -0.122. The highest BCUT2D eigenvalue weighted by atomic mass is 16.3. The molecule has 6 nitrogen and oxygen atoms in total. The molecule has 3 heterocycles. The van der Waals surface area contributed by atoms with Crippen LogP contribution < -0.4 is 5.32 Å². The summed E-state index contributed by atoms with van der Waals surface area (Å²) in [6, 6.07) is 19.2. The maximum Gasteiger partial charge on any atom is 0.255 e. The number of carbonyl (C=O) groups excluding carboxylic acids is 2. The maximum absolute atomic E-state index is 13.4. The molecule has 0 radical (unpaired) electrons. The molecule has 2 aromatic carbocycles. The smallest absolute Gasteiger partial charge is 0.255 e. The third-order valence-electron chi connectivity index (χ3n) is 6.35. The number of hydrogen-bond donors (Lipinski definition) is 1. The molecule has 0 saturated heterocycles. The minimum Gasteiger partial charge on any atom is -0.465 e. The molecule has 1 N–H and O–H groups in total. The molecule has 4 aromatic rings. The van der Waals surface area contributed by atoms with Crippen molar-refractivity contribution >= 4 is 22.7 Å². The summed E-state index contributed by atoms with van der Waals surface area (Å²) in [5.41, 5.74) is 4.84. The zero-order valence-electron chi connectivity index (χ0n) is 18.4. The zero-order chi connectivity index (χ0) is 22.4. The topological polar surface area (TPSA) is 67.5 Å². The number of aryl methyl sites for hydroxylation is 2. The van der Waals surface area contributed by atoms with Crippen LogP contribution >= 0.6 is 0 Å². The molecule has 162 valence electrons. The van der Waals surface area contributed by atoms with Gasteiger partial charge in [-0.15, -0.1) is 0 Å². The fraction of sp³-hybridized carbons (Fsp3) is 0.231. The van der Waals surface area contributed by atoms with Crippen molar-refractivity contribution in [2.45, 2.75) is 26.4 Å². The van der Waals surface area contributed by atoms with E-state index in [4.69, 9.17) is 4.42 Å². The van der Waals surface area contributed by atoms with Crippen LogP contribution in [0, 0.1) is 13.8 Å². The Labute approximate surface area is 186 Å². The van der Waals surface area contributed by atoms with Crippen molar-refractivity contribution in [1.29, 1.82) is 0 Å². The van der Waals surface area contributed by atoms with Crippen molar-refractivity contribution in [1.82, 2.24) is 14.8 Å². The molecular formula is C26H25N3O3. The Morgan fingerprint density at radius 2 is 1.78 bits per heavy atom. The number of para-hydroxylation sites is 1. The number of amides is 2. The summed E-state index contributed by atoms with van der Waals surface area (Å²) in [6.07, 6.45) is 0. The van der Waals surface area contributed by atoms with Gasteiger partial charge in [0.2, 0.25) is 5.91 Å². The average molecular weight is 428 g/mol. The molecule has 0 bridgehead atoms. The largest absolute Gasteiger partial charge is 0.465 e. The summed E-state index contributed by atoms with van der Waals surface area (Å²) >= 11 is 0. The van der Waals surface area contributed by atoms with Crippen LogP contribution in [0.5, 0.6) is 0 Å². The first kappa shape index (κ1) is 20.1. The molecule has 0 saturated carbocycles. The lowest BCUT2D eigenvalue weighted by Crippen LogP contribution is -2.39. The van der Waals surface area contributed by atoms with Crippen LogP contribution in [0.3, 0.4) is 0 Å². The Bertz CT molecular complexity index is 1350.